The highest BCUT2D eigenvalue weighted by Crippen LogP contribution is 1.96. The largest absolute Gasteiger partial charge is 0.356 e. The van der Waals surface area contributed by atoms with Crippen LogP contribution in [0.3, 0.4) is 0 Å². The van der Waals surface area contributed by atoms with E-state index in [1.54, 1.807) is 0 Å². The molecule has 0 aromatic rings. The number of hydrogen-bond donors (Lipinski definition) is 6. The number of carbonyl (C=O) groups excluding carboxylic acids is 4. The highest BCUT2D eigenvalue weighted by Gasteiger charge is 2.11. The van der Waals surface area contributed by atoms with Gasteiger partial charge in [0, 0.05) is 117 Å². The fourth-order valence-electron chi connectivity index (χ4n) is 3.75. The number of nitrogens with one attached hydrogen (secondary N) is 6. The third kappa shape index (κ3) is 21.8. The molecule has 0 saturated heterocycles. The fourth-order valence-corrected chi connectivity index (χ4v) is 3.75. The Balaban J connectivity index is 4.30. The van der Waals surface area contributed by atoms with Gasteiger partial charge in [0.2, 0.25) is 23.6 Å². The normalized spacial score (nSPS) is 11.0. The van der Waals surface area contributed by atoms with Gasteiger partial charge in [-0.25, -0.2) is 0 Å². The van der Waals surface area contributed by atoms with Crippen LogP contribution in [-0.4, -0.2) is 125 Å². The summed E-state index contributed by atoms with van der Waals surface area (Å²) in [5.74, 6) is 0.106. The third-order valence-electron chi connectivity index (χ3n) is 5.80. The first-order chi connectivity index (χ1) is 18.4. The summed E-state index contributed by atoms with van der Waals surface area (Å²) in [7, 11) is 0. The minimum Gasteiger partial charge on any atom is -0.356 e. The highest BCUT2D eigenvalue weighted by molar-refractivity contribution is 5.77. The predicted octanol–water partition coefficient (Wildman–Crippen LogP) is -1.13. The van der Waals surface area contributed by atoms with E-state index in [0.29, 0.717) is 78.0 Å². The van der Waals surface area contributed by atoms with Crippen LogP contribution >= 0.6 is 0 Å². The van der Waals surface area contributed by atoms with E-state index < -0.39 is 0 Å². The number of nitrogens with zero attached hydrogens (tertiary/aromatic N) is 2. The van der Waals surface area contributed by atoms with E-state index in [1.807, 2.05) is 27.7 Å². The molecule has 222 valence electrons. The molecule has 12 heteroatoms. The van der Waals surface area contributed by atoms with Gasteiger partial charge in [-0.05, 0) is 27.7 Å². The maximum atomic E-state index is 11.8. The number of rotatable bonds is 25. The van der Waals surface area contributed by atoms with Crippen LogP contribution in [0.25, 0.3) is 0 Å². The molecule has 0 aromatic heterocycles. The summed E-state index contributed by atoms with van der Waals surface area (Å²) in [6.07, 6.45) is 1.67. The molecular formula is C26H54N8O4. The first-order valence-electron chi connectivity index (χ1n) is 14.3. The molecule has 0 spiro atoms. The van der Waals surface area contributed by atoms with Crippen molar-refractivity contribution in [2.45, 2.75) is 53.4 Å². The van der Waals surface area contributed by atoms with Crippen LogP contribution in [-0.2, 0) is 19.2 Å². The van der Waals surface area contributed by atoms with Crippen molar-refractivity contribution in [3.05, 3.63) is 0 Å². The number of amides is 4. The van der Waals surface area contributed by atoms with Crippen molar-refractivity contribution in [3.8, 4) is 0 Å². The van der Waals surface area contributed by atoms with Crippen molar-refractivity contribution in [3.63, 3.8) is 0 Å². The molecule has 0 aliphatic rings. The lowest BCUT2D eigenvalue weighted by Crippen LogP contribution is -2.40. The first-order valence-corrected chi connectivity index (χ1v) is 14.3. The number of carbonyl (C=O) groups is 4. The lowest BCUT2D eigenvalue weighted by atomic mass is 10.3. The van der Waals surface area contributed by atoms with Gasteiger partial charge in [-0.1, -0.05) is 0 Å². The highest BCUT2D eigenvalue weighted by atomic mass is 16.2. The van der Waals surface area contributed by atoms with Crippen molar-refractivity contribution in [1.29, 1.82) is 0 Å². The van der Waals surface area contributed by atoms with Gasteiger partial charge < -0.3 is 41.7 Å². The summed E-state index contributed by atoms with van der Waals surface area (Å²) in [6, 6.07) is 0. The van der Waals surface area contributed by atoms with Crippen LogP contribution in [0.15, 0.2) is 0 Å². The quantitative estimate of drug-likeness (QED) is 0.0795. The number of hydrogen-bond acceptors (Lipinski definition) is 8. The maximum absolute atomic E-state index is 11.8. The van der Waals surface area contributed by atoms with Gasteiger partial charge in [0.1, 0.15) is 0 Å². The molecule has 0 radical (unpaired) electrons. The van der Waals surface area contributed by atoms with Crippen LogP contribution < -0.4 is 31.9 Å². The van der Waals surface area contributed by atoms with E-state index in [4.69, 9.17) is 0 Å². The van der Waals surface area contributed by atoms with Crippen LogP contribution in [0.1, 0.15) is 53.4 Å². The average Bonchev–Trinajstić information content (AvgIpc) is 2.88. The lowest BCUT2D eigenvalue weighted by molar-refractivity contribution is -0.123. The molecule has 12 nitrogen and oxygen atoms in total. The van der Waals surface area contributed by atoms with Gasteiger partial charge in [-0.15, -0.1) is 0 Å². The summed E-state index contributed by atoms with van der Waals surface area (Å²) in [5, 5.41) is 18.1. The molecule has 0 unspecified atom stereocenters. The zero-order valence-electron chi connectivity index (χ0n) is 24.3. The van der Waals surface area contributed by atoms with E-state index >= 15 is 0 Å². The Morgan fingerprint density at radius 1 is 0.421 bits per heavy atom. The Labute approximate surface area is 229 Å². The predicted molar refractivity (Wildman–Crippen MR) is 152 cm³/mol. The van der Waals surface area contributed by atoms with Crippen molar-refractivity contribution in [2.75, 3.05) is 91.6 Å². The monoisotopic (exact) mass is 542 g/mol. The molecule has 0 aliphatic heterocycles. The van der Waals surface area contributed by atoms with Crippen LogP contribution in [0, 0.1) is 0 Å². The van der Waals surface area contributed by atoms with E-state index in [1.165, 1.54) is 0 Å². The topological polar surface area (TPSA) is 147 Å². The minimum atomic E-state index is 0.0266. The maximum Gasteiger partial charge on any atom is 0.221 e. The van der Waals surface area contributed by atoms with Gasteiger partial charge >= 0.3 is 0 Å². The fraction of sp³-hybridized carbons (Fsp3) is 0.846. The third-order valence-corrected chi connectivity index (χ3v) is 5.80. The molecule has 0 rings (SSSR count). The Morgan fingerprint density at radius 3 is 0.921 bits per heavy atom. The van der Waals surface area contributed by atoms with E-state index in [2.05, 4.69) is 41.7 Å². The molecule has 0 fully saturated rings. The van der Waals surface area contributed by atoms with E-state index in [9.17, 15) is 19.2 Å². The van der Waals surface area contributed by atoms with Crippen molar-refractivity contribution < 1.29 is 19.2 Å². The summed E-state index contributed by atoms with van der Waals surface area (Å²) in [6.45, 7) is 17.2. The first kappa shape index (κ1) is 35.7. The van der Waals surface area contributed by atoms with Crippen LogP contribution in [0.2, 0.25) is 0 Å². The van der Waals surface area contributed by atoms with E-state index in [-0.39, 0.29) is 23.6 Å². The molecule has 0 aliphatic carbocycles. The van der Waals surface area contributed by atoms with Gasteiger partial charge in [0.15, 0.2) is 0 Å². The van der Waals surface area contributed by atoms with E-state index in [0.717, 1.165) is 39.3 Å². The molecule has 6 N–H and O–H groups in total. The Bertz CT molecular complexity index is 553. The molecule has 38 heavy (non-hydrogen) atoms. The molecule has 0 aromatic carbocycles. The summed E-state index contributed by atoms with van der Waals surface area (Å²) < 4.78 is 0. The van der Waals surface area contributed by atoms with Gasteiger partial charge in [0.05, 0.1) is 0 Å². The van der Waals surface area contributed by atoms with Crippen LogP contribution in [0.5, 0.6) is 0 Å². The van der Waals surface area contributed by atoms with Gasteiger partial charge in [-0.3, -0.25) is 19.2 Å². The van der Waals surface area contributed by atoms with Gasteiger partial charge in [-0.2, -0.15) is 0 Å². The molecule has 4 amide bonds. The smallest absolute Gasteiger partial charge is 0.221 e. The SMILES string of the molecule is CCNC(=O)CCN(CCNCCNCCN(CCC(=O)NCC)CCC(=O)NCC)CCC(=O)NCC. The van der Waals surface area contributed by atoms with Crippen molar-refractivity contribution in [2.24, 2.45) is 0 Å². The molecule has 0 atom stereocenters. The van der Waals surface area contributed by atoms with Crippen molar-refractivity contribution >= 4 is 23.6 Å². The minimum absolute atomic E-state index is 0.0266. The standard InChI is InChI=1S/C26H54N8O4/c1-5-29-23(35)9-17-33(18-10-24(36)30-6-2)21-15-27-13-14-28-16-22-34(19-11-25(37)31-7-3)20-12-26(38)32-8-4/h27-28H,5-22H2,1-4H3,(H,29,35)(H,30,36)(H,31,37)(H,32,38). The van der Waals surface area contributed by atoms with Gasteiger partial charge in [0.25, 0.3) is 0 Å². The second-order valence-corrected chi connectivity index (χ2v) is 9.00. The molecular weight excluding hydrogens is 488 g/mol. The lowest BCUT2D eigenvalue weighted by Gasteiger charge is -2.23. The summed E-state index contributed by atoms with van der Waals surface area (Å²) in [4.78, 5) is 51.6. The Morgan fingerprint density at radius 2 is 0.684 bits per heavy atom. The zero-order valence-corrected chi connectivity index (χ0v) is 24.3. The summed E-state index contributed by atoms with van der Waals surface area (Å²) >= 11 is 0. The van der Waals surface area contributed by atoms with Crippen molar-refractivity contribution in [1.82, 2.24) is 41.7 Å². The Hall–Kier alpha value is -2.28. The zero-order chi connectivity index (χ0) is 28.4. The Kier molecular flexibility index (Phi) is 23.5. The molecule has 0 heterocycles. The second kappa shape index (κ2) is 25.0. The molecule has 0 saturated carbocycles. The van der Waals surface area contributed by atoms with Crippen LogP contribution in [0.4, 0.5) is 0 Å². The summed E-state index contributed by atoms with van der Waals surface area (Å²) in [5.41, 5.74) is 0. The second-order valence-electron chi connectivity index (χ2n) is 9.00. The molecule has 0 bridgehead atoms. The average molecular weight is 543 g/mol.